The van der Waals surface area contributed by atoms with Crippen molar-refractivity contribution in [3.05, 3.63) is 0 Å². The smallest absolute Gasteiger partial charge is 0.0101 e. The lowest BCUT2D eigenvalue weighted by molar-refractivity contribution is 0.181. The van der Waals surface area contributed by atoms with Gasteiger partial charge >= 0.3 is 0 Å². The standard InChI is InChI=1S/C17H30N2/c1-19-7-5-12(6-8-19)11-18-17-10-13-9-16(17)15-4-2-3-14(13)15/h12-18H,2-11H2,1H3/t13-,14+,15+,16+,17-/m1/s1. The van der Waals surface area contributed by atoms with Gasteiger partial charge in [-0.05, 0) is 94.8 Å². The minimum absolute atomic E-state index is 0.893. The first-order chi connectivity index (χ1) is 9.31. The number of nitrogens with one attached hydrogen (secondary N) is 1. The fourth-order valence-corrected chi connectivity index (χ4v) is 5.89. The number of nitrogens with zero attached hydrogens (tertiary/aromatic N) is 1. The normalized spacial score (nSPS) is 46.9. The summed E-state index contributed by atoms with van der Waals surface area (Å²) in [6.07, 6.45) is 10.6. The second-order valence-corrected chi connectivity index (χ2v) is 7.92. The quantitative estimate of drug-likeness (QED) is 0.841. The third kappa shape index (κ3) is 2.25. The maximum atomic E-state index is 3.99. The van der Waals surface area contributed by atoms with E-state index in [1.54, 1.807) is 19.3 Å². The summed E-state index contributed by atoms with van der Waals surface area (Å²) in [5, 5.41) is 3.99. The highest BCUT2D eigenvalue weighted by molar-refractivity contribution is 5.05. The van der Waals surface area contributed by atoms with Gasteiger partial charge in [-0.15, -0.1) is 0 Å². The summed E-state index contributed by atoms with van der Waals surface area (Å²) in [5.41, 5.74) is 0. The van der Waals surface area contributed by atoms with Crippen LogP contribution in [0.4, 0.5) is 0 Å². The number of hydrogen-bond donors (Lipinski definition) is 1. The number of rotatable bonds is 3. The Labute approximate surface area is 118 Å². The lowest BCUT2D eigenvalue weighted by Crippen LogP contribution is -2.43. The molecule has 1 heterocycles. The zero-order valence-electron chi connectivity index (χ0n) is 12.5. The number of hydrogen-bond acceptors (Lipinski definition) is 2. The van der Waals surface area contributed by atoms with Crippen LogP contribution in [-0.2, 0) is 0 Å². The summed E-state index contributed by atoms with van der Waals surface area (Å²) in [6, 6.07) is 0.893. The summed E-state index contributed by atoms with van der Waals surface area (Å²) < 4.78 is 0. The summed E-state index contributed by atoms with van der Waals surface area (Å²) in [4.78, 5) is 2.48. The number of fused-ring (bicyclic) bond motifs is 5. The van der Waals surface area contributed by atoms with Gasteiger partial charge in [-0.3, -0.25) is 0 Å². The summed E-state index contributed by atoms with van der Waals surface area (Å²) in [5.74, 6) is 5.38. The summed E-state index contributed by atoms with van der Waals surface area (Å²) in [6.45, 7) is 3.93. The first-order valence-corrected chi connectivity index (χ1v) is 8.73. The maximum Gasteiger partial charge on any atom is 0.0101 e. The highest BCUT2D eigenvalue weighted by atomic mass is 15.1. The Kier molecular flexibility index (Phi) is 3.35. The minimum atomic E-state index is 0.893. The zero-order chi connectivity index (χ0) is 12.8. The average Bonchev–Trinajstić information content (AvgIpc) is 3.10. The molecule has 3 aliphatic carbocycles. The molecule has 2 bridgehead atoms. The van der Waals surface area contributed by atoms with Crippen LogP contribution in [0, 0.1) is 29.6 Å². The molecular weight excluding hydrogens is 232 g/mol. The van der Waals surface area contributed by atoms with Gasteiger partial charge in [0.25, 0.3) is 0 Å². The third-order valence-electron chi connectivity index (χ3n) is 6.94. The Bertz CT molecular complexity index is 321. The lowest BCUT2D eigenvalue weighted by Gasteiger charge is -2.35. The van der Waals surface area contributed by atoms with Crippen LogP contribution in [-0.4, -0.2) is 37.6 Å². The van der Waals surface area contributed by atoms with E-state index >= 15 is 0 Å². The van der Waals surface area contributed by atoms with Crippen molar-refractivity contribution in [1.82, 2.24) is 10.2 Å². The van der Waals surface area contributed by atoms with Gasteiger partial charge in [0.05, 0.1) is 0 Å². The van der Waals surface area contributed by atoms with Gasteiger partial charge in [-0.1, -0.05) is 6.42 Å². The Morgan fingerprint density at radius 1 is 0.947 bits per heavy atom. The van der Waals surface area contributed by atoms with Gasteiger partial charge in [-0.2, -0.15) is 0 Å². The van der Waals surface area contributed by atoms with Crippen LogP contribution in [0.25, 0.3) is 0 Å². The van der Waals surface area contributed by atoms with Crippen LogP contribution in [0.3, 0.4) is 0 Å². The molecule has 0 amide bonds. The predicted octanol–water partition coefficient (Wildman–Crippen LogP) is 2.74. The van der Waals surface area contributed by atoms with Crippen LogP contribution in [0.15, 0.2) is 0 Å². The van der Waals surface area contributed by atoms with Gasteiger partial charge in [0, 0.05) is 6.04 Å². The fraction of sp³-hybridized carbons (Fsp3) is 1.00. The average molecular weight is 262 g/mol. The predicted molar refractivity (Wildman–Crippen MR) is 79.1 cm³/mol. The molecule has 0 radical (unpaired) electrons. The molecule has 1 saturated heterocycles. The molecule has 3 saturated carbocycles. The SMILES string of the molecule is CN1CCC(CN[C@@H]2C[C@H]3C[C@H]2[C@H]2CCC[C@@H]32)CC1. The van der Waals surface area contributed by atoms with E-state index in [1.807, 2.05) is 0 Å². The van der Waals surface area contributed by atoms with Gasteiger partial charge in [-0.25, -0.2) is 0 Å². The molecule has 0 aromatic heterocycles. The van der Waals surface area contributed by atoms with Crippen molar-refractivity contribution in [3.8, 4) is 0 Å². The Hall–Kier alpha value is -0.0800. The number of likely N-dealkylation sites (tertiary alicyclic amines) is 1. The monoisotopic (exact) mass is 262 g/mol. The van der Waals surface area contributed by atoms with E-state index in [2.05, 4.69) is 17.3 Å². The molecule has 0 spiro atoms. The molecule has 1 N–H and O–H groups in total. The molecule has 0 aromatic carbocycles. The van der Waals surface area contributed by atoms with Gasteiger partial charge in [0.1, 0.15) is 0 Å². The van der Waals surface area contributed by atoms with E-state index in [0.29, 0.717) is 0 Å². The molecule has 0 aromatic rings. The van der Waals surface area contributed by atoms with E-state index in [9.17, 15) is 0 Å². The Morgan fingerprint density at radius 2 is 1.74 bits per heavy atom. The van der Waals surface area contributed by atoms with Crippen molar-refractivity contribution in [3.63, 3.8) is 0 Å². The van der Waals surface area contributed by atoms with Crippen LogP contribution in [0.1, 0.15) is 44.9 Å². The minimum Gasteiger partial charge on any atom is -0.313 e. The van der Waals surface area contributed by atoms with Crippen molar-refractivity contribution < 1.29 is 0 Å². The highest BCUT2D eigenvalue weighted by Crippen LogP contribution is 2.58. The van der Waals surface area contributed by atoms with E-state index < -0.39 is 0 Å². The van der Waals surface area contributed by atoms with E-state index in [0.717, 1.165) is 35.6 Å². The topological polar surface area (TPSA) is 15.3 Å². The number of piperidine rings is 1. The summed E-state index contributed by atoms with van der Waals surface area (Å²) in [7, 11) is 2.26. The van der Waals surface area contributed by atoms with E-state index in [1.165, 1.54) is 45.3 Å². The first kappa shape index (κ1) is 12.6. The van der Waals surface area contributed by atoms with E-state index in [4.69, 9.17) is 0 Å². The summed E-state index contributed by atoms with van der Waals surface area (Å²) >= 11 is 0. The van der Waals surface area contributed by atoms with Gasteiger partial charge in [0.2, 0.25) is 0 Å². The van der Waals surface area contributed by atoms with Crippen molar-refractivity contribution in [2.75, 3.05) is 26.7 Å². The molecule has 1 aliphatic heterocycles. The molecular formula is C17H30N2. The molecule has 19 heavy (non-hydrogen) atoms. The largest absolute Gasteiger partial charge is 0.313 e. The first-order valence-electron chi connectivity index (χ1n) is 8.73. The van der Waals surface area contributed by atoms with E-state index in [-0.39, 0.29) is 0 Å². The van der Waals surface area contributed by atoms with Crippen molar-refractivity contribution in [1.29, 1.82) is 0 Å². The second-order valence-electron chi connectivity index (χ2n) is 7.92. The second kappa shape index (κ2) is 5.04. The molecule has 5 atom stereocenters. The van der Waals surface area contributed by atoms with Crippen LogP contribution < -0.4 is 5.32 Å². The molecule has 4 rings (SSSR count). The molecule has 108 valence electrons. The molecule has 4 fully saturated rings. The Morgan fingerprint density at radius 3 is 2.58 bits per heavy atom. The van der Waals surface area contributed by atoms with Crippen molar-refractivity contribution >= 4 is 0 Å². The van der Waals surface area contributed by atoms with Gasteiger partial charge < -0.3 is 10.2 Å². The van der Waals surface area contributed by atoms with Crippen LogP contribution in [0.2, 0.25) is 0 Å². The maximum absolute atomic E-state index is 3.99. The molecule has 2 heteroatoms. The molecule has 4 aliphatic rings. The fourth-order valence-electron chi connectivity index (χ4n) is 5.89. The highest BCUT2D eigenvalue weighted by Gasteiger charge is 2.53. The van der Waals surface area contributed by atoms with Crippen molar-refractivity contribution in [2.24, 2.45) is 29.6 Å². The third-order valence-corrected chi connectivity index (χ3v) is 6.94. The molecule has 0 unspecified atom stereocenters. The Balaban J connectivity index is 1.28. The van der Waals surface area contributed by atoms with Crippen LogP contribution >= 0.6 is 0 Å². The van der Waals surface area contributed by atoms with Crippen LogP contribution in [0.5, 0.6) is 0 Å². The lowest BCUT2D eigenvalue weighted by atomic mass is 9.79. The van der Waals surface area contributed by atoms with Crippen molar-refractivity contribution in [2.45, 2.75) is 51.0 Å². The molecule has 2 nitrogen and oxygen atoms in total. The van der Waals surface area contributed by atoms with Gasteiger partial charge in [0.15, 0.2) is 0 Å². The zero-order valence-corrected chi connectivity index (χ0v) is 12.5.